The SMILES string of the molecule is C=CC(=C)CCC=C(C)C.O=S(=O)(O)O.[NaH]. The van der Waals surface area contributed by atoms with Gasteiger partial charge in [0.05, 0.1) is 0 Å². The zero-order chi connectivity index (χ0) is 12.5. The normalized spacial score (nSPS) is 9.00. The molecule has 4 nitrogen and oxygen atoms in total. The molecule has 0 fully saturated rings. The Hall–Kier alpha value is 0.0900. The van der Waals surface area contributed by atoms with Crippen LogP contribution >= 0.6 is 0 Å². The Bertz CT molecular complexity index is 319. The van der Waals surface area contributed by atoms with Crippen LogP contribution in [0, 0.1) is 0 Å². The monoisotopic (exact) mass is 258 g/mol. The minimum atomic E-state index is -4.67. The molecule has 0 aromatic carbocycles. The summed E-state index contributed by atoms with van der Waals surface area (Å²) in [7, 11) is -4.67. The van der Waals surface area contributed by atoms with E-state index in [2.05, 4.69) is 33.1 Å². The first-order valence-corrected chi connectivity index (χ1v) is 5.70. The predicted molar refractivity (Wildman–Crippen MR) is 69.3 cm³/mol. The summed E-state index contributed by atoms with van der Waals surface area (Å²) < 4.78 is 31.6. The molecule has 16 heavy (non-hydrogen) atoms. The summed E-state index contributed by atoms with van der Waals surface area (Å²) in [6.45, 7) is 11.7. The quantitative estimate of drug-likeness (QED) is 0.351. The van der Waals surface area contributed by atoms with Crippen LogP contribution in [0.15, 0.2) is 36.5 Å². The molecule has 0 unspecified atom stereocenters. The van der Waals surface area contributed by atoms with Gasteiger partial charge in [0.2, 0.25) is 0 Å². The van der Waals surface area contributed by atoms with Crippen molar-refractivity contribution in [3.63, 3.8) is 0 Å². The molecule has 90 valence electrons. The van der Waals surface area contributed by atoms with Gasteiger partial charge in [-0.3, -0.25) is 9.11 Å². The third kappa shape index (κ3) is 36.9. The Labute approximate surface area is 120 Å². The number of hydrogen-bond donors (Lipinski definition) is 2. The van der Waals surface area contributed by atoms with Crippen LogP contribution in [0.25, 0.3) is 0 Å². The van der Waals surface area contributed by atoms with Crippen LogP contribution in [0.3, 0.4) is 0 Å². The van der Waals surface area contributed by atoms with E-state index >= 15 is 0 Å². The van der Waals surface area contributed by atoms with Gasteiger partial charge in [-0.25, -0.2) is 0 Å². The molecule has 0 spiro atoms. The summed E-state index contributed by atoms with van der Waals surface area (Å²) in [6.07, 6.45) is 6.16. The number of allylic oxidation sites excluding steroid dienone is 4. The second kappa shape index (κ2) is 11.6. The Morgan fingerprint density at radius 2 is 1.69 bits per heavy atom. The summed E-state index contributed by atoms with van der Waals surface area (Å²) >= 11 is 0. The van der Waals surface area contributed by atoms with Gasteiger partial charge < -0.3 is 0 Å². The molecule has 0 atom stereocenters. The van der Waals surface area contributed by atoms with Crippen molar-refractivity contribution in [3.05, 3.63) is 36.5 Å². The van der Waals surface area contributed by atoms with Gasteiger partial charge >= 0.3 is 40.0 Å². The molecule has 0 rings (SSSR count). The van der Waals surface area contributed by atoms with E-state index in [4.69, 9.17) is 17.5 Å². The Kier molecular flexibility index (Phi) is 15.5. The number of hydrogen-bond acceptors (Lipinski definition) is 2. The van der Waals surface area contributed by atoms with Crippen molar-refractivity contribution in [2.45, 2.75) is 26.7 Å². The molecule has 0 heterocycles. The van der Waals surface area contributed by atoms with Gasteiger partial charge in [-0.2, -0.15) is 8.42 Å². The topological polar surface area (TPSA) is 74.6 Å². The average Bonchev–Trinajstić information content (AvgIpc) is 2.00. The first-order valence-electron chi connectivity index (χ1n) is 4.30. The third-order valence-corrected chi connectivity index (χ3v) is 1.31. The van der Waals surface area contributed by atoms with E-state index in [0.29, 0.717) is 0 Å². The fourth-order valence-electron chi connectivity index (χ4n) is 0.648. The third-order valence-electron chi connectivity index (χ3n) is 1.31. The van der Waals surface area contributed by atoms with Crippen LogP contribution in [-0.2, 0) is 10.4 Å². The van der Waals surface area contributed by atoms with E-state index in [1.807, 2.05) is 6.08 Å². The zero-order valence-corrected chi connectivity index (χ0v) is 9.92. The van der Waals surface area contributed by atoms with Gasteiger partial charge in [0.1, 0.15) is 0 Å². The van der Waals surface area contributed by atoms with E-state index < -0.39 is 10.4 Å². The van der Waals surface area contributed by atoms with Gasteiger partial charge in [0.15, 0.2) is 0 Å². The van der Waals surface area contributed by atoms with Crippen LogP contribution in [0.2, 0.25) is 0 Å². The molecule has 6 heteroatoms. The van der Waals surface area contributed by atoms with Crippen LogP contribution in [0.1, 0.15) is 26.7 Å². The maximum atomic E-state index is 8.74. The Morgan fingerprint density at radius 3 is 1.94 bits per heavy atom. The molecule has 0 amide bonds. The van der Waals surface area contributed by atoms with Gasteiger partial charge in [0, 0.05) is 0 Å². The van der Waals surface area contributed by atoms with E-state index in [1.54, 1.807) is 0 Å². The molecule has 0 aliphatic rings. The van der Waals surface area contributed by atoms with Crippen molar-refractivity contribution >= 4 is 40.0 Å². The van der Waals surface area contributed by atoms with Crippen LogP contribution in [-0.4, -0.2) is 47.1 Å². The first-order chi connectivity index (χ1) is 6.66. The Morgan fingerprint density at radius 1 is 1.31 bits per heavy atom. The van der Waals surface area contributed by atoms with Crippen molar-refractivity contribution < 1.29 is 17.5 Å². The summed E-state index contributed by atoms with van der Waals surface area (Å²) in [5.74, 6) is 0. The molecule has 0 aromatic heterocycles. The molecule has 0 saturated carbocycles. The summed E-state index contributed by atoms with van der Waals surface area (Å²) in [5, 5.41) is 0. The molecule has 0 radical (unpaired) electrons. The molecule has 0 aromatic rings. The average molecular weight is 258 g/mol. The standard InChI is InChI=1S/C10H16.Na.H2O4S.H/c1-5-10(4)8-6-7-9(2)3;;1-5(2,3)4;/h5,7H,1,4,6,8H2,2-3H3;;(H2,1,2,3,4);. The fourth-order valence-corrected chi connectivity index (χ4v) is 0.648. The molecule has 0 aliphatic carbocycles. The molecule has 0 aliphatic heterocycles. The second-order valence-corrected chi connectivity index (χ2v) is 4.03. The maximum absolute atomic E-state index is 8.74. The van der Waals surface area contributed by atoms with Crippen LogP contribution in [0.4, 0.5) is 0 Å². The van der Waals surface area contributed by atoms with Crippen molar-refractivity contribution in [2.75, 3.05) is 0 Å². The van der Waals surface area contributed by atoms with Gasteiger partial charge in [-0.05, 0) is 26.7 Å². The summed E-state index contributed by atoms with van der Waals surface area (Å²) in [6, 6.07) is 0. The Balaban J connectivity index is -0.000000242. The molecule has 2 N–H and O–H groups in total. The van der Waals surface area contributed by atoms with Crippen molar-refractivity contribution in [2.24, 2.45) is 0 Å². The molecule has 0 bridgehead atoms. The van der Waals surface area contributed by atoms with Crippen LogP contribution in [0.5, 0.6) is 0 Å². The number of rotatable bonds is 4. The summed E-state index contributed by atoms with van der Waals surface area (Å²) in [4.78, 5) is 0. The molecular weight excluding hydrogens is 239 g/mol. The van der Waals surface area contributed by atoms with E-state index in [0.717, 1.165) is 18.4 Å². The van der Waals surface area contributed by atoms with Gasteiger partial charge in [0.25, 0.3) is 0 Å². The van der Waals surface area contributed by atoms with Crippen LogP contribution < -0.4 is 0 Å². The van der Waals surface area contributed by atoms with Crippen molar-refractivity contribution in [1.82, 2.24) is 0 Å². The zero-order valence-electron chi connectivity index (χ0n) is 9.10. The molecule has 0 saturated heterocycles. The minimum absolute atomic E-state index is 0. The first kappa shape index (κ1) is 21.4. The fraction of sp³-hybridized carbons (Fsp3) is 0.400. The summed E-state index contributed by atoms with van der Waals surface area (Å²) in [5.41, 5.74) is 2.49. The van der Waals surface area contributed by atoms with Gasteiger partial charge in [-0.15, -0.1) is 0 Å². The predicted octanol–water partition coefficient (Wildman–Crippen LogP) is 2.17. The van der Waals surface area contributed by atoms with Gasteiger partial charge in [-0.1, -0.05) is 36.5 Å². The molecular formula is C10H19NaO4S. The van der Waals surface area contributed by atoms with Crippen molar-refractivity contribution in [1.29, 1.82) is 0 Å². The van der Waals surface area contributed by atoms with Crippen molar-refractivity contribution in [3.8, 4) is 0 Å². The van der Waals surface area contributed by atoms with E-state index in [1.165, 1.54) is 5.57 Å². The van der Waals surface area contributed by atoms with E-state index in [9.17, 15) is 0 Å². The van der Waals surface area contributed by atoms with E-state index in [-0.39, 0.29) is 29.6 Å². The second-order valence-electron chi connectivity index (χ2n) is 3.13.